The van der Waals surface area contributed by atoms with Crippen molar-refractivity contribution >= 4 is 12.0 Å². The summed E-state index contributed by atoms with van der Waals surface area (Å²) in [6, 6.07) is 10.00. The minimum atomic E-state index is 0.757. The Morgan fingerprint density at radius 2 is 1.79 bits per heavy atom. The lowest BCUT2D eigenvalue weighted by molar-refractivity contribution is -0.104. The fourth-order valence-corrected chi connectivity index (χ4v) is 1.04. The quantitative estimate of drug-likeness (QED) is 0.410. The van der Waals surface area contributed by atoms with E-state index in [9.17, 15) is 4.79 Å². The summed E-state index contributed by atoms with van der Waals surface area (Å²) in [5, 5.41) is 0. The van der Waals surface area contributed by atoms with Crippen LogP contribution >= 0.6 is 0 Å². The highest BCUT2D eigenvalue weighted by molar-refractivity contribution is 5.65. The Bertz CT molecular complexity index is 327. The van der Waals surface area contributed by atoms with E-state index < -0.39 is 0 Å². The average molecular weight is 187 g/mol. The van der Waals surface area contributed by atoms with Crippen LogP contribution in [0.1, 0.15) is 0 Å². The Kier molecular flexibility index (Phi) is 4.21. The molecule has 2 heteroatoms. The van der Waals surface area contributed by atoms with Crippen LogP contribution in [-0.4, -0.2) is 13.3 Å². The summed E-state index contributed by atoms with van der Waals surface area (Å²) in [4.78, 5) is 12.0. The van der Waals surface area contributed by atoms with Gasteiger partial charge < -0.3 is 4.90 Å². The van der Waals surface area contributed by atoms with Crippen LogP contribution in [0.2, 0.25) is 0 Å². The molecule has 1 rings (SSSR count). The topological polar surface area (TPSA) is 20.3 Å². The molecule has 0 saturated carbocycles. The van der Waals surface area contributed by atoms with Gasteiger partial charge >= 0.3 is 0 Å². The summed E-state index contributed by atoms with van der Waals surface area (Å²) in [5.74, 6) is 0. The highest BCUT2D eigenvalue weighted by Gasteiger charge is 1.91. The molecule has 0 unspecified atom stereocenters. The molecule has 0 bridgehead atoms. The molecular formula is C12H13NO. The van der Waals surface area contributed by atoms with Gasteiger partial charge in [0, 0.05) is 18.9 Å². The predicted molar refractivity (Wildman–Crippen MR) is 59.2 cm³/mol. The number of aldehydes is 1. The zero-order chi connectivity index (χ0) is 10.2. The SMILES string of the molecule is CN(/C=C/C=C/C=O)c1ccccc1. The Labute approximate surface area is 84.2 Å². The molecule has 0 aliphatic carbocycles. The van der Waals surface area contributed by atoms with Gasteiger partial charge in [0.2, 0.25) is 0 Å². The van der Waals surface area contributed by atoms with Crippen LogP contribution in [0.4, 0.5) is 5.69 Å². The Hall–Kier alpha value is -1.83. The first-order valence-corrected chi connectivity index (χ1v) is 4.41. The lowest BCUT2D eigenvalue weighted by Crippen LogP contribution is -2.06. The zero-order valence-electron chi connectivity index (χ0n) is 8.13. The minimum absolute atomic E-state index is 0.757. The van der Waals surface area contributed by atoms with Crippen molar-refractivity contribution in [2.45, 2.75) is 0 Å². The number of carbonyl (C=O) groups excluding carboxylic acids is 1. The summed E-state index contributed by atoms with van der Waals surface area (Å²) < 4.78 is 0. The molecule has 0 saturated heterocycles. The molecule has 0 aliphatic rings. The maximum atomic E-state index is 9.99. The van der Waals surface area contributed by atoms with E-state index in [0.29, 0.717) is 0 Å². The van der Waals surface area contributed by atoms with Crippen molar-refractivity contribution in [2.24, 2.45) is 0 Å². The van der Waals surface area contributed by atoms with Crippen molar-refractivity contribution in [1.82, 2.24) is 0 Å². The summed E-state index contributed by atoms with van der Waals surface area (Å²) in [5.41, 5.74) is 1.11. The van der Waals surface area contributed by atoms with Gasteiger partial charge in [0.05, 0.1) is 0 Å². The molecule has 0 aromatic heterocycles. The molecule has 1 aromatic rings. The van der Waals surface area contributed by atoms with Gasteiger partial charge in [0.1, 0.15) is 6.29 Å². The maximum Gasteiger partial charge on any atom is 0.142 e. The van der Waals surface area contributed by atoms with Gasteiger partial charge in [-0.05, 0) is 24.3 Å². The number of carbonyl (C=O) groups is 1. The van der Waals surface area contributed by atoms with E-state index in [4.69, 9.17) is 0 Å². The fourth-order valence-electron chi connectivity index (χ4n) is 1.04. The van der Waals surface area contributed by atoms with Gasteiger partial charge in [-0.1, -0.05) is 24.3 Å². The molecule has 0 N–H and O–H groups in total. The molecule has 14 heavy (non-hydrogen) atoms. The first kappa shape index (κ1) is 10.3. The lowest BCUT2D eigenvalue weighted by atomic mass is 10.3. The van der Waals surface area contributed by atoms with Crippen LogP contribution in [-0.2, 0) is 4.79 Å². The van der Waals surface area contributed by atoms with Crippen LogP contribution in [0.3, 0.4) is 0 Å². The molecule has 1 aromatic carbocycles. The first-order chi connectivity index (χ1) is 6.84. The van der Waals surface area contributed by atoms with Gasteiger partial charge in [-0.2, -0.15) is 0 Å². The van der Waals surface area contributed by atoms with Crippen LogP contribution in [0.25, 0.3) is 0 Å². The molecule has 72 valence electrons. The molecular weight excluding hydrogens is 174 g/mol. The molecule has 0 amide bonds. The van der Waals surface area contributed by atoms with Crippen molar-refractivity contribution in [2.75, 3.05) is 11.9 Å². The lowest BCUT2D eigenvalue weighted by Gasteiger charge is -2.12. The maximum absolute atomic E-state index is 9.99. The van der Waals surface area contributed by atoms with Gasteiger partial charge in [-0.3, -0.25) is 4.79 Å². The van der Waals surface area contributed by atoms with Crippen molar-refractivity contribution in [1.29, 1.82) is 0 Å². The summed E-state index contributed by atoms with van der Waals surface area (Å²) in [6.45, 7) is 0. The van der Waals surface area contributed by atoms with Crippen molar-refractivity contribution < 1.29 is 4.79 Å². The third-order valence-corrected chi connectivity index (χ3v) is 1.77. The summed E-state index contributed by atoms with van der Waals surface area (Å²) in [7, 11) is 1.96. The van der Waals surface area contributed by atoms with E-state index >= 15 is 0 Å². The second-order valence-corrected chi connectivity index (χ2v) is 2.81. The zero-order valence-corrected chi connectivity index (χ0v) is 8.13. The normalized spacial score (nSPS) is 10.9. The van der Waals surface area contributed by atoms with E-state index in [2.05, 4.69) is 0 Å². The van der Waals surface area contributed by atoms with Crippen molar-refractivity contribution in [3.05, 3.63) is 54.8 Å². The van der Waals surface area contributed by atoms with E-state index in [1.807, 2.05) is 54.6 Å². The molecule has 2 nitrogen and oxygen atoms in total. The third kappa shape index (κ3) is 3.27. The smallest absolute Gasteiger partial charge is 0.142 e. The minimum Gasteiger partial charge on any atom is -0.351 e. The predicted octanol–water partition coefficient (Wildman–Crippen LogP) is 2.39. The Morgan fingerprint density at radius 1 is 1.07 bits per heavy atom. The third-order valence-electron chi connectivity index (χ3n) is 1.77. The van der Waals surface area contributed by atoms with Crippen LogP contribution in [0.15, 0.2) is 54.8 Å². The van der Waals surface area contributed by atoms with Gasteiger partial charge in [-0.15, -0.1) is 0 Å². The first-order valence-electron chi connectivity index (χ1n) is 4.41. The fraction of sp³-hybridized carbons (Fsp3) is 0.0833. The van der Waals surface area contributed by atoms with Crippen LogP contribution < -0.4 is 4.90 Å². The van der Waals surface area contributed by atoms with Gasteiger partial charge in [-0.25, -0.2) is 0 Å². The largest absolute Gasteiger partial charge is 0.351 e. The number of rotatable bonds is 4. The molecule has 0 atom stereocenters. The highest BCUT2D eigenvalue weighted by Crippen LogP contribution is 2.10. The summed E-state index contributed by atoms with van der Waals surface area (Å²) in [6.07, 6.45) is 7.63. The standard InChI is InChI=1S/C12H13NO/c1-13(10-6-3-7-11-14)12-8-4-2-5-9-12/h2-11H,1H3/b7-3+,10-6+. The van der Waals surface area contributed by atoms with E-state index in [1.165, 1.54) is 6.08 Å². The second kappa shape index (κ2) is 5.75. The monoisotopic (exact) mass is 187 g/mol. The molecule has 0 fully saturated rings. The highest BCUT2D eigenvalue weighted by atomic mass is 16.1. The second-order valence-electron chi connectivity index (χ2n) is 2.81. The van der Waals surface area contributed by atoms with Crippen LogP contribution in [0, 0.1) is 0 Å². The van der Waals surface area contributed by atoms with E-state index in [1.54, 1.807) is 6.08 Å². The Balaban J connectivity index is 2.58. The van der Waals surface area contributed by atoms with E-state index in [-0.39, 0.29) is 0 Å². The molecule has 0 spiro atoms. The number of allylic oxidation sites excluding steroid dienone is 3. The number of nitrogens with zero attached hydrogens (tertiary/aromatic N) is 1. The summed E-state index contributed by atoms with van der Waals surface area (Å²) >= 11 is 0. The number of hydrogen-bond acceptors (Lipinski definition) is 2. The average Bonchev–Trinajstić information content (AvgIpc) is 2.25. The number of para-hydroxylation sites is 1. The van der Waals surface area contributed by atoms with Gasteiger partial charge in [0.15, 0.2) is 0 Å². The molecule has 0 aliphatic heterocycles. The number of benzene rings is 1. The van der Waals surface area contributed by atoms with Crippen LogP contribution in [0.5, 0.6) is 0 Å². The molecule has 0 heterocycles. The van der Waals surface area contributed by atoms with Gasteiger partial charge in [0.25, 0.3) is 0 Å². The molecule has 0 radical (unpaired) electrons. The van der Waals surface area contributed by atoms with Crippen molar-refractivity contribution in [3.63, 3.8) is 0 Å². The van der Waals surface area contributed by atoms with Crippen molar-refractivity contribution in [3.8, 4) is 0 Å². The number of anilines is 1. The number of hydrogen-bond donors (Lipinski definition) is 0. The van der Waals surface area contributed by atoms with E-state index in [0.717, 1.165) is 12.0 Å². The Morgan fingerprint density at radius 3 is 2.43 bits per heavy atom.